The zero-order valence-electron chi connectivity index (χ0n) is 18.4. The fourth-order valence-electron chi connectivity index (χ4n) is 3.57. The molecule has 172 valence electrons. The minimum Gasteiger partial charge on any atom is -0.478 e. The van der Waals surface area contributed by atoms with Crippen molar-refractivity contribution in [3.8, 4) is 5.69 Å². The van der Waals surface area contributed by atoms with Crippen LogP contribution in [0.25, 0.3) is 11.8 Å². The van der Waals surface area contributed by atoms with Crippen molar-refractivity contribution in [1.29, 1.82) is 0 Å². The number of aromatic carboxylic acids is 1. The summed E-state index contributed by atoms with van der Waals surface area (Å²) in [5.74, 6) is -2.02. The first-order valence-corrected chi connectivity index (χ1v) is 11.2. The number of carbonyl (C=O) groups is 4. The number of hydrogen-bond donors (Lipinski definition) is 2. The van der Waals surface area contributed by atoms with Gasteiger partial charge in [-0.15, -0.1) is 0 Å². The molecule has 2 heterocycles. The number of hydrogen-bond acceptors (Lipinski definition) is 5. The Balaban J connectivity index is 1.50. The molecule has 3 amide bonds. The Hall–Kier alpha value is -4.11. The average Bonchev–Trinajstić information content (AvgIpc) is 3.36. The number of nitrogens with one attached hydrogen (secondary N) is 1. The molecule has 4 rings (SSSR count). The van der Waals surface area contributed by atoms with E-state index in [9.17, 15) is 19.2 Å². The standard InChI is InChI=1S/C25H21N3O5S/c1-15-5-10-20(16(2)12-15)26-22(29)14-28-23(30)21(34-25(28)33)13-19-4-3-11-27(19)18-8-6-17(7-9-18)24(31)32/h3-13H,14H2,1-2H3,(H,26,29)(H,31,32). The van der Waals surface area contributed by atoms with Crippen molar-refractivity contribution in [3.05, 3.63) is 88.1 Å². The number of carbonyl (C=O) groups excluding carboxylic acids is 3. The van der Waals surface area contributed by atoms with E-state index < -0.39 is 23.0 Å². The summed E-state index contributed by atoms with van der Waals surface area (Å²) in [6.07, 6.45) is 3.35. The fraction of sp³-hybridized carbons (Fsp3) is 0.120. The van der Waals surface area contributed by atoms with E-state index in [-0.39, 0.29) is 17.0 Å². The molecule has 1 aromatic heterocycles. The van der Waals surface area contributed by atoms with E-state index in [1.807, 2.05) is 26.0 Å². The number of carboxylic acid groups (broad SMARTS) is 1. The van der Waals surface area contributed by atoms with Crippen molar-refractivity contribution in [3.63, 3.8) is 0 Å². The van der Waals surface area contributed by atoms with Gasteiger partial charge in [0, 0.05) is 23.3 Å². The van der Waals surface area contributed by atoms with Gasteiger partial charge in [-0.05, 0) is 79.7 Å². The van der Waals surface area contributed by atoms with Gasteiger partial charge in [-0.25, -0.2) is 4.79 Å². The van der Waals surface area contributed by atoms with Crippen LogP contribution in [-0.4, -0.2) is 44.1 Å². The van der Waals surface area contributed by atoms with Crippen LogP contribution in [0.15, 0.2) is 65.7 Å². The number of imide groups is 1. The number of aryl methyl sites for hydroxylation is 2. The van der Waals surface area contributed by atoms with Gasteiger partial charge < -0.3 is 15.0 Å². The Morgan fingerprint density at radius 2 is 1.79 bits per heavy atom. The zero-order valence-corrected chi connectivity index (χ0v) is 19.3. The predicted molar refractivity (Wildman–Crippen MR) is 130 cm³/mol. The Morgan fingerprint density at radius 1 is 1.06 bits per heavy atom. The van der Waals surface area contributed by atoms with Gasteiger partial charge >= 0.3 is 5.97 Å². The van der Waals surface area contributed by atoms with Crippen molar-refractivity contribution in [2.24, 2.45) is 0 Å². The molecule has 0 atom stereocenters. The van der Waals surface area contributed by atoms with Crippen molar-refractivity contribution in [1.82, 2.24) is 9.47 Å². The first-order valence-electron chi connectivity index (χ1n) is 10.4. The highest BCUT2D eigenvalue weighted by Gasteiger charge is 2.36. The molecule has 2 aromatic carbocycles. The molecule has 1 aliphatic rings. The van der Waals surface area contributed by atoms with Crippen LogP contribution in [0.1, 0.15) is 27.2 Å². The average molecular weight is 476 g/mol. The number of thioether (sulfide) groups is 1. The van der Waals surface area contributed by atoms with Crippen LogP contribution in [-0.2, 0) is 9.59 Å². The molecule has 0 bridgehead atoms. The summed E-state index contributed by atoms with van der Waals surface area (Å²) in [5.41, 5.74) is 4.08. The highest BCUT2D eigenvalue weighted by molar-refractivity contribution is 8.18. The van der Waals surface area contributed by atoms with E-state index in [1.165, 1.54) is 12.1 Å². The van der Waals surface area contributed by atoms with Gasteiger partial charge in [0.25, 0.3) is 11.1 Å². The van der Waals surface area contributed by atoms with Crippen LogP contribution in [0.4, 0.5) is 10.5 Å². The summed E-state index contributed by atoms with van der Waals surface area (Å²) in [5, 5.41) is 11.3. The van der Waals surface area contributed by atoms with Gasteiger partial charge in [-0.2, -0.15) is 0 Å². The van der Waals surface area contributed by atoms with Crippen molar-refractivity contribution in [2.45, 2.75) is 13.8 Å². The third-order valence-electron chi connectivity index (χ3n) is 5.28. The quantitative estimate of drug-likeness (QED) is 0.510. The predicted octanol–water partition coefficient (Wildman–Crippen LogP) is 4.47. The molecule has 0 aliphatic carbocycles. The molecule has 2 N–H and O–H groups in total. The number of nitrogens with zero attached hydrogens (tertiary/aromatic N) is 2. The topological polar surface area (TPSA) is 109 Å². The van der Waals surface area contributed by atoms with Crippen LogP contribution < -0.4 is 5.32 Å². The Kier molecular flexibility index (Phi) is 6.38. The van der Waals surface area contributed by atoms with Crippen molar-refractivity contribution in [2.75, 3.05) is 11.9 Å². The maximum atomic E-state index is 12.9. The largest absolute Gasteiger partial charge is 0.478 e. The molecule has 3 aromatic rings. The summed E-state index contributed by atoms with van der Waals surface area (Å²) in [7, 11) is 0. The second-order valence-corrected chi connectivity index (χ2v) is 8.78. The van der Waals surface area contributed by atoms with Crippen LogP contribution in [0.3, 0.4) is 0 Å². The normalized spacial score (nSPS) is 14.6. The first-order chi connectivity index (χ1) is 16.2. The summed E-state index contributed by atoms with van der Waals surface area (Å²) in [6.45, 7) is 3.44. The lowest BCUT2D eigenvalue weighted by Gasteiger charge is -2.14. The number of carboxylic acids is 1. The smallest absolute Gasteiger partial charge is 0.335 e. The lowest BCUT2D eigenvalue weighted by molar-refractivity contribution is -0.127. The fourth-order valence-corrected chi connectivity index (χ4v) is 4.39. The van der Waals surface area contributed by atoms with Gasteiger partial charge in [0.2, 0.25) is 5.91 Å². The summed E-state index contributed by atoms with van der Waals surface area (Å²) in [4.78, 5) is 50.0. The van der Waals surface area contributed by atoms with E-state index in [0.29, 0.717) is 17.1 Å². The zero-order chi connectivity index (χ0) is 24.4. The van der Waals surface area contributed by atoms with Gasteiger partial charge in [0.15, 0.2) is 0 Å². The van der Waals surface area contributed by atoms with Crippen LogP contribution in [0.5, 0.6) is 0 Å². The maximum absolute atomic E-state index is 12.9. The van der Waals surface area contributed by atoms with Crippen LogP contribution in [0, 0.1) is 13.8 Å². The van der Waals surface area contributed by atoms with Crippen LogP contribution in [0.2, 0.25) is 0 Å². The third kappa shape index (κ3) is 4.79. The number of rotatable bonds is 6. The van der Waals surface area contributed by atoms with Gasteiger partial charge in [0.05, 0.1) is 10.5 Å². The highest BCUT2D eigenvalue weighted by atomic mass is 32.2. The Labute approximate surface area is 199 Å². The van der Waals surface area contributed by atoms with Crippen molar-refractivity contribution < 1.29 is 24.3 Å². The molecule has 0 unspecified atom stereocenters. The van der Waals surface area contributed by atoms with E-state index in [2.05, 4.69) is 5.32 Å². The first kappa shape index (κ1) is 23.1. The SMILES string of the molecule is Cc1ccc(NC(=O)CN2C(=O)SC(=Cc3cccn3-c3ccc(C(=O)O)cc3)C2=O)c(C)c1. The van der Waals surface area contributed by atoms with Gasteiger partial charge in [-0.3, -0.25) is 19.3 Å². The molecule has 0 radical (unpaired) electrons. The number of aromatic nitrogens is 1. The molecule has 0 spiro atoms. The second-order valence-electron chi connectivity index (χ2n) is 7.79. The molecule has 0 saturated carbocycles. The summed E-state index contributed by atoms with van der Waals surface area (Å²) >= 11 is 0.771. The Bertz CT molecular complexity index is 1340. The summed E-state index contributed by atoms with van der Waals surface area (Å²) in [6, 6.07) is 15.4. The lowest BCUT2D eigenvalue weighted by Crippen LogP contribution is -2.36. The lowest BCUT2D eigenvalue weighted by atomic mass is 10.1. The minimum absolute atomic E-state index is 0.165. The maximum Gasteiger partial charge on any atom is 0.335 e. The van der Waals surface area contributed by atoms with Crippen molar-refractivity contribution >= 4 is 46.5 Å². The van der Waals surface area contributed by atoms with E-state index >= 15 is 0 Å². The van der Waals surface area contributed by atoms with E-state index in [4.69, 9.17) is 5.11 Å². The molecular weight excluding hydrogens is 454 g/mol. The molecule has 9 heteroatoms. The number of anilines is 1. The highest BCUT2D eigenvalue weighted by Crippen LogP contribution is 2.32. The third-order valence-corrected chi connectivity index (χ3v) is 6.19. The second kappa shape index (κ2) is 9.40. The molecule has 1 fully saturated rings. The van der Waals surface area contributed by atoms with Gasteiger partial charge in [-0.1, -0.05) is 17.7 Å². The number of benzene rings is 2. The van der Waals surface area contributed by atoms with Gasteiger partial charge in [0.1, 0.15) is 6.54 Å². The molecule has 34 heavy (non-hydrogen) atoms. The monoisotopic (exact) mass is 475 g/mol. The summed E-state index contributed by atoms with van der Waals surface area (Å²) < 4.78 is 1.77. The van der Waals surface area contributed by atoms with Crippen LogP contribution >= 0.6 is 11.8 Å². The Morgan fingerprint density at radius 3 is 2.47 bits per heavy atom. The molecule has 1 aliphatic heterocycles. The molecule has 1 saturated heterocycles. The van der Waals surface area contributed by atoms with E-state index in [0.717, 1.165) is 27.8 Å². The van der Waals surface area contributed by atoms with E-state index in [1.54, 1.807) is 47.2 Å². The molecular formula is C25H21N3O5S. The molecule has 8 nitrogen and oxygen atoms in total. The minimum atomic E-state index is -1.02. The number of amides is 3.